The Labute approximate surface area is 117 Å². The van der Waals surface area contributed by atoms with E-state index in [-0.39, 0.29) is 12.3 Å². The van der Waals surface area contributed by atoms with E-state index in [4.69, 9.17) is 10.9 Å². The number of hydrogen-bond donors (Lipinski definition) is 2. The molecule has 21 heavy (non-hydrogen) atoms. The van der Waals surface area contributed by atoms with Gasteiger partial charge in [0.05, 0.1) is 6.61 Å². The average molecular weight is 312 g/mol. The van der Waals surface area contributed by atoms with Crippen molar-refractivity contribution in [1.29, 1.82) is 0 Å². The van der Waals surface area contributed by atoms with Crippen LogP contribution in [0.5, 0.6) is 5.75 Å². The first kappa shape index (κ1) is 17.0. The van der Waals surface area contributed by atoms with Gasteiger partial charge in [-0.05, 0) is 6.42 Å². The van der Waals surface area contributed by atoms with Crippen LogP contribution in [0, 0.1) is 34.5 Å². The largest absolute Gasteiger partial charge is 0.487 e. The topological polar surface area (TPSA) is 67.8 Å². The van der Waals surface area contributed by atoms with E-state index in [0.29, 0.717) is 0 Å². The van der Waals surface area contributed by atoms with Gasteiger partial charge in [0.1, 0.15) is 5.84 Å². The molecule has 0 unspecified atom stereocenters. The molecular formula is C12H13F5N2O2. The molecule has 0 aliphatic carbocycles. The summed E-state index contributed by atoms with van der Waals surface area (Å²) < 4.78 is 69.9. The van der Waals surface area contributed by atoms with Gasteiger partial charge in [-0.1, -0.05) is 19.0 Å². The van der Waals surface area contributed by atoms with Gasteiger partial charge in [0.2, 0.25) is 29.1 Å². The highest BCUT2D eigenvalue weighted by Gasteiger charge is 2.28. The lowest BCUT2D eigenvalue weighted by Gasteiger charge is -2.22. The fourth-order valence-corrected chi connectivity index (χ4v) is 1.38. The molecule has 0 fully saturated rings. The van der Waals surface area contributed by atoms with Gasteiger partial charge < -0.3 is 15.7 Å². The van der Waals surface area contributed by atoms with Gasteiger partial charge in [-0.3, -0.25) is 0 Å². The fraction of sp³-hybridized carbons (Fsp3) is 0.417. The number of ether oxygens (including phenoxy) is 1. The van der Waals surface area contributed by atoms with Crippen LogP contribution in [0.25, 0.3) is 0 Å². The lowest BCUT2D eigenvalue weighted by atomic mass is 9.88. The van der Waals surface area contributed by atoms with Crippen molar-refractivity contribution in [3.63, 3.8) is 0 Å². The molecule has 1 rings (SSSR count). The van der Waals surface area contributed by atoms with Gasteiger partial charge in [-0.2, -0.15) is 8.78 Å². The van der Waals surface area contributed by atoms with E-state index in [2.05, 4.69) is 9.89 Å². The maximum absolute atomic E-state index is 13.3. The standard InChI is InChI=1S/C12H13F5N2O2/c1-12(2,11(18)19-20)3-4-21-10-8(16)6(14)5(13)7(15)9(10)17/h20H,3-4H2,1-2H3,(H2,18,19). The Balaban J connectivity index is 2.92. The molecule has 0 radical (unpaired) electrons. The molecule has 3 N–H and O–H groups in total. The maximum Gasteiger partial charge on any atom is 0.206 e. The molecule has 1 aromatic rings. The zero-order chi connectivity index (χ0) is 16.4. The van der Waals surface area contributed by atoms with Crippen molar-refractivity contribution in [2.45, 2.75) is 20.3 Å². The molecule has 0 atom stereocenters. The lowest BCUT2D eigenvalue weighted by molar-refractivity contribution is 0.230. The minimum absolute atomic E-state index is 0.0163. The summed E-state index contributed by atoms with van der Waals surface area (Å²) in [5.41, 5.74) is 4.49. The summed E-state index contributed by atoms with van der Waals surface area (Å²) in [5.74, 6) is -12.0. The molecule has 0 heterocycles. The number of amidine groups is 1. The monoisotopic (exact) mass is 312 g/mol. The van der Waals surface area contributed by atoms with Gasteiger partial charge >= 0.3 is 0 Å². The first-order chi connectivity index (χ1) is 9.63. The quantitative estimate of drug-likeness (QED) is 0.167. The summed E-state index contributed by atoms with van der Waals surface area (Å²) in [4.78, 5) is 0. The zero-order valence-electron chi connectivity index (χ0n) is 11.2. The van der Waals surface area contributed by atoms with Gasteiger partial charge in [0.15, 0.2) is 5.75 Å². The van der Waals surface area contributed by atoms with Crippen molar-refractivity contribution in [1.82, 2.24) is 0 Å². The van der Waals surface area contributed by atoms with Crippen molar-refractivity contribution in [2.75, 3.05) is 6.61 Å². The molecule has 1 aromatic carbocycles. The Morgan fingerprint density at radius 2 is 1.48 bits per heavy atom. The van der Waals surface area contributed by atoms with Crippen LogP contribution in [0.1, 0.15) is 20.3 Å². The number of nitrogens with two attached hydrogens (primary N) is 1. The van der Waals surface area contributed by atoms with Crippen LogP contribution >= 0.6 is 0 Å². The van der Waals surface area contributed by atoms with Crippen LogP contribution in [-0.4, -0.2) is 17.6 Å². The molecule has 0 saturated heterocycles. The number of rotatable bonds is 5. The number of nitrogens with zero attached hydrogens (tertiary/aromatic N) is 1. The summed E-state index contributed by atoms with van der Waals surface area (Å²) in [7, 11) is 0. The van der Waals surface area contributed by atoms with Gasteiger partial charge in [0, 0.05) is 5.41 Å². The van der Waals surface area contributed by atoms with Crippen LogP contribution in [0.4, 0.5) is 22.0 Å². The van der Waals surface area contributed by atoms with Crippen molar-refractivity contribution in [3.05, 3.63) is 29.1 Å². The van der Waals surface area contributed by atoms with Crippen LogP contribution in [0.15, 0.2) is 5.16 Å². The van der Waals surface area contributed by atoms with Gasteiger partial charge in [0.25, 0.3) is 0 Å². The third-order valence-corrected chi connectivity index (χ3v) is 2.94. The van der Waals surface area contributed by atoms with Gasteiger partial charge in [-0.25, -0.2) is 13.2 Å². The molecule has 0 aliphatic heterocycles. The van der Waals surface area contributed by atoms with E-state index in [1.165, 1.54) is 0 Å². The molecule has 0 saturated carbocycles. The van der Waals surface area contributed by atoms with E-state index in [1.807, 2.05) is 0 Å². The SMILES string of the molecule is CC(C)(CCOc1c(F)c(F)c(F)c(F)c1F)C(N)=NO. The van der Waals surface area contributed by atoms with Crippen molar-refractivity contribution >= 4 is 5.84 Å². The third kappa shape index (κ3) is 3.34. The Kier molecular flexibility index (Phi) is 4.97. The third-order valence-electron chi connectivity index (χ3n) is 2.94. The van der Waals surface area contributed by atoms with E-state index in [0.717, 1.165) is 0 Å². The second kappa shape index (κ2) is 6.15. The number of oxime groups is 1. The number of halogens is 5. The van der Waals surface area contributed by atoms with Crippen molar-refractivity contribution < 1.29 is 31.9 Å². The first-order valence-corrected chi connectivity index (χ1v) is 5.75. The van der Waals surface area contributed by atoms with E-state index in [9.17, 15) is 22.0 Å². The molecule has 0 aromatic heterocycles. The van der Waals surface area contributed by atoms with E-state index < -0.39 is 46.9 Å². The second-order valence-corrected chi connectivity index (χ2v) is 4.87. The van der Waals surface area contributed by atoms with E-state index >= 15 is 0 Å². The zero-order valence-corrected chi connectivity index (χ0v) is 11.2. The minimum atomic E-state index is -2.26. The summed E-state index contributed by atoms with van der Waals surface area (Å²) in [6.45, 7) is 2.69. The predicted molar refractivity (Wildman–Crippen MR) is 63.5 cm³/mol. The average Bonchev–Trinajstić information content (AvgIpc) is 2.45. The summed E-state index contributed by atoms with van der Waals surface area (Å²) in [6, 6.07) is 0. The van der Waals surface area contributed by atoms with Crippen LogP contribution in [-0.2, 0) is 0 Å². The maximum atomic E-state index is 13.3. The molecule has 0 bridgehead atoms. The summed E-state index contributed by atoms with van der Waals surface area (Å²) >= 11 is 0. The van der Waals surface area contributed by atoms with Gasteiger partial charge in [-0.15, -0.1) is 0 Å². The van der Waals surface area contributed by atoms with Crippen LogP contribution in [0.3, 0.4) is 0 Å². The van der Waals surface area contributed by atoms with Crippen LogP contribution < -0.4 is 10.5 Å². The molecule has 0 spiro atoms. The second-order valence-electron chi connectivity index (χ2n) is 4.87. The number of benzene rings is 1. The van der Waals surface area contributed by atoms with Crippen LogP contribution in [0.2, 0.25) is 0 Å². The molecule has 9 heteroatoms. The molecule has 118 valence electrons. The molecular weight excluding hydrogens is 299 g/mol. The highest BCUT2D eigenvalue weighted by molar-refractivity contribution is 5.85. The summed E-state index contributed by atoms with van der Waals surface area (Å²) in [6.07, 6.45) is 0.0163. The smallest absolute Gasteiger partial charge is 0.206 e. The minimum Gasteiger partial charge on any atom is -0.487 e. The lowest BCUT2D eigenvalue weighted by Crippen LogP contribution is -2.33. The highest BCUT2D eigenvalue weighted by atomic mass is 19.2. The Hall–Kier alpha value is -2.06. The Morgan fingerprint density at radius 3 is 1.90 bits per heavy atom. The van der Waals surface area contributed by atoms with E-state index in [1.54, 1.807) is 13.8 Å². The molecule has 0 amide bonds. The summed E-state index contributed by atoms with van der Waals surface area (Å²) in [5, 5.41) is 11.3. The Bertz CT molecular complexity index is 546. The normalized spacial score (nSPS) is 12.6. The Morgan fingerprint density at radius 1 is 1.05 bits per heavy atom. The fourth-order valence-electron chi connectivity index (χ4n) is 1.38. The predicted octanol–water partition coefficient (Wildman–Crippen LogP) is 2.92. The first-order valence-electron chi connectivity index (χ1n) is 5.75. The highest BCUT2D eigenvalue weighted by Crippen LogP contribution is 2.30. The van der Waals surface area contributed by atoms with Crippen molar-refractivity contribution in [2.24, 2.45) is 16.3 Å². The molecule has 4 nitrogen and oxygen atoms in total. The molecule has 0 aliphatic rings. The van der Waals surface area contributed by atoms with Crippen molar-refractivity contribution in [3.8, 4) is 5.75 Å². The number of hydrogen-bond acceptors (Lipinski definition) is 3.